The second-order valence-corrected chi connectivity index (χ2v) is 7.67. The fourth-order valence-corrected chi connectivity index (χ4v) is 4.97. The van der Waals surface area contributed by atoms with E-state index in [2.05, 4.69) is 0 Å². The van der Waals surface area contributed by atoms with E-state index in [9.17, 15) is 18.3 Å². The van der Waals surface area contributed by atoms with Gasteiger partial charge in [0, 0.05) is 12.8 Å². The average Bonchev–Trinajstić information content (AvgIpc) is 3.18. The molecule has 0 aliphatic carbocycles. The summed E-state index contributed by atoms with van der Waals surface area (Å²) in [5, 5.41) is 9.49. The highest BCUT2D eigenvalue weighted by atomic mass is 32.2. The zero-order valence-electron chi connectivity index (χ0n) is 12.7. The minimum Gasteiger partial charge on any atom is -0.493 e. The van der Waals surface area contributed by atoms with Crippen molar-refractivity contribution in [3.05, 3.63) is 53.6 Å². The summed E-state index contributed by atoms with van der Waals surface area (Å²) in [5.41, 5.74) is 1.98. The lowest BCUT2D eigenvalue weighted by atomic mass is 10.1. The van der Waals surface area contributed by atoms with Gasteiger partial charge in [-0.2, -0.15) is 0 Å². The third-order valence-corrected chi connectivity index (χ3v) is 6.25. The van der Waals surface area contributed by atoms with Gasteiger partial charge in [0.1, 0.15) is 11.8 Å². The maximum absolute atomic E-state index is 13.1. The first-order valence-electron chi connectivity index (χ1n) is 7.59. The summed E-state index contributed by atoms with van der Waals surface area (Å²) in [6.45, 7) is 0.531. The summed E-state index contributed by atoms with van der Waals surface area (Å²) in [6, 6.07) is 10.5. The van der Waals surface area contributed by atoms with E-state index in [4.69, 9.17) is 4.74 Å². The molecule has 24 heavy (non-hydrogen) atoms. The molecular formula is C17H15NO5S. The van der Waals surface area contributed by atoms with Gasteiger partial charge in [0.25, 0.3) is 10.0 Å². The monoisotopic (exact) mass is 345 g/mol. The van der Waals surface area contributed by atoms with Crippen molar-refractivity contribution in [3.8, 4) is 5.75 Å². The van der Waals surface area contributed by atoms with Crippen molar-refractivity contribution in [2.24, 2.45) is 0 Å². The van der Waals surface area contributed by atoms with Crippen LogP contribution < -0.4 is 9.04 Å². The Bertz CT molecular complexity index is 938. The van der Waals surface area contributed by atoms with Gasteiger partial charge >= 0.3 is 5.97 Å². The van der Waals surface area contributed by atoms with Crippen molar-refractivity contribution in [3.63, 3.8) is 0 Å². The molecule has 6 nitrogen and oxygen atoms in total. The molecule has 2 aliphatic heterocycles. The van der Waals surface area contributed by atoms with Crippen molar-refractivity contribution in [1.29, 1.82) is 0 Å². The molecule has 2 aliphatic rings. The lowest BCUT2D eigenvalue weighted by molar-refractivity contribution is -0.138. The van der Waals surface area contributed by atoms with Crippen LogP contribution in [0.1, 0.15) is 11.1 Å². The van der Waals surface area contributed by atoms with Gasteiger partial charge in [0.2, 0.25) is 0 Å². The number of anilines is 1. The number of carboxylic acid groups (broad SMARTS) is 1. The Morgan fingerprint density at radius 1 is 1.17 bits per heavy atom. The predicted octanol–water partition coefficient (Wildman–Crippen LogP) is 1.83. The van der Waals surface area contributed by atoms with Gasteiger partial charge in [-0.1, -0.05) is 18.2 Å². The number of aliphatic carboxylic acids is 1. The second-order valence-electron chi connectivity index (χ2n) is 5.86. The van der Waals surface area contributed by atoms with Crippen molar-refractivity contribution in [1.82, 2.24) is 0 Å². The van der Waals surface area contributed by atoms with Gasteiger partial charge in [-0.15, -0.1) is 0 Å². The molecule has 0 amide bonds. The van der Waals surface area contributed by atoms with Crippen LogP contribution >= 0.6 is 0 Å². The third kappa shape index (κ3) is 2.16. The molecule has 1 unspecified atom stereocenters. The van der Waals surface area contributed by atoms with E-state index in [1.165, 1.54) is 6.07 Å². The summed E-state index contributed by atoms with van der Waals surface area (Å²) < 4.78 is 32.7. The van der Waals surface area contributed by atoms with Crippen molar-refractivity contribution in [2.75, 3.05) is 10.9 Å². The minimum absolute atomic E-state index is 0.0923. The molecule has 2 heterocycles. The molecular weight excluding hydrogens is 330 g/mol. The predicted molar refractivity (Wildman–Crippen MR) is 86.9 cm³/mol. The van der Waals surface area contributed by atoms with Crippen LogP contribution in [0.3, 0.4) is 0 Å². The van der Waals surface area contributed by atoms with Gasteiger partial charge < -0.3 is 9.84 Å². The fraction of sp³-hybridized carbons (Fsp3) is 0.235. The first kappa shape index (κ1) is 15.0. The maximum Gasteiger partial charge on any atom is 0.327 e. The Morgan fingerprint density at radius 3 is 2.75 bits per heavy atom. The summed E-state index contributed by atoms with van der Waals surface area (Å²) in [6.07, 6.45) is 0.816. The Balaban J connectivity index is 1.84. The molecule has 0 saturated heterocycles. The quantitative estimate of drug-likeness (QED) is 0.917. The van der Waals surface area contributed by atoms with Crippen LogP contribution in [0.4, 0.5) is 5.69 Å². The van der Waals surface area contributed by atoms with Crippen LogP contribution in [0, 0.1) is 0 Å². The van der Waals surface area contributed by atoms with E-state index in [0.29, 0.717) is 24.5 Å². The Kier molecular flexibility index (Phi) is 3.28. The Labute approximate surface area is 139 Å². The maximum atomic E-state index is 13.1. The van der Waals surface area contributed by atoms with E-state index in [0.717, 1.165) is 15.4 Å². The number of fused-ring (bicyclic) bond motifs is 2. The number of hydrogen-bond donors (Lipinski definition) is 1. The average molecular weight is 345 g/mol. The standard InChI is InChI=1S/C17H15NO5S/c19-17(20)15-10-11-3-1-2-4-14(11)18(15)24(21,22)13-5-6-16-12(9-13)7-8-23-16/h1-6,9,15H,7-8,10H2,(H,19,20). The third-order valence-electron chi connectivity index (χ3n) is 4.43. The number of nitrogens with zero attached hydrogens (tertiary/aromatic N) is 1. The number of para-hydroxylation sites is 1. The second kappa shape index (κ2) is 5.24. The minimum atomic E-state index is -3.97. The molecule has 2 aromatic rings. The number of hydrogen-bond acceptors (Lipinski definition) is 4. The first-order chi connectivity index (χ1) is 11.5. The van der Waals surface area contributed by atoms with Crippen LogP contribution in [0.15, 0.2) is 47.4 Å². The molecule has 4 rings (SSSR count). The number of sulfonamides is 1. The molecule has 0 aromatic heterocycles. The van der Waals surface area contributed by atoms with Gasteiger partial charge in [-0.05, 0) is 35.4 Å². The van der Waals surface area contributed by atoms with Gasteiger partial charge in [0.05, 0.1) is 17.2 Å². The Hall–Kier alpha value is -2.54. The molecule has 7 heteroatoms. The van der Waals surface area contributed by atoms with E-state index >= 15 is 0 Å². The fourth-order valence-electron chi connectivity index (χ4n) is 3.28. The van der Waals surface area contributed by atoms with Crippen LogP contribution in [-0.2, 0) is 27.7 Å². The first-order valence-corrected chi connectivity index (χ1v) is 9.03. The number of carbonyl (C=O) groups is 1. The van der Waals surface area contributed by atoms with E-state index in [-0.39, 0.29) is 11.3 Å². The van der Waals surface area contributed by atoms with Crippen LogP contribution in [-0.4, -0.2) is 32.1 Å². The van der Waals surface area contributed by atoms with Crippen LogP contribution in [0.25, 0.3) is 0 Å². The van der Waals surface area contributed by atoms with E-state index in [1.807, 2.05) is 0 Å². The molecule has 0 saturated carbocycles. The van der Waals surface area contributed by atoms with E-state index in [1.54, 1.807) is 36.4 Å². The zero-order chi connectivity index (χ0) is 16.9. The molecule has 0 fully saturated rings. The summed E-state index contributed by atoms with van der Waals surface area (Å²) in [5.74, 6) is -0.468. The summed E-state index contributed by atoms with van der Waals surface area (Å²) in [4.78, 5) is 11.7. The summed E-state index contributed by atoms with van der Waals surface area (Å²) >= 11 is 0. The molecule has 124 valence electrons. The lowest BCUT2D eigenvalue weighted by Gasteiger charge is -2.24. The highest BCUT2D eigenvalue weighted by Crippen LogP contribution is 2.38. The number of ether oxygens (including phenoxy) is 1. The largest absolute Gasteiger partial charge is 0.493 e. The topological polar surface area (TPSA) is 83.9 Å². The van der Waals surface area contributed by atoms with Crippen molar-refractivity contribution >= 4 is 21.7 Å². The number of benzene rings is 2. The van der Waals surface area contributed by atoms with Gasteiger partial charge in [-0.3, -0.25) is 4.31 Å². The Morgan fingerprint density at radius 2 is 1.96 bits per heavy atom. The highest BCUT2D eigenvalue weighted by Gasteiger charge is 2.42. The van der Waals surface area contributed by atoms with Gasteiger partial charge in [-0.25, -0.2) is 13.2 Å². The lowest BCUT2D eigenvalue weighted by Crippen LogP contribution is -2.42. The van der Waals surface area contributed by atoms with Crippen LogP contribution in [0.2, 0.25) is 0 Å². The molecule has 0 radical (unpaired) electrons. The highest BCUT2D eigenvalue weighted by molar-refractivity contribution is 7.93. The smallest absolute Gasteiger partial charge is 0.327 e. The number of carboxylic acids is 1. The molecule has 1 atom stereocenters. The zero-order valence-corrected chi connectivity index (χ0v) is 13.5. The summed E-state index contributed by atoms with van der Waals surface area (Å²) in [7, 11) is -3.97. The molecule has 2 aromatic carbocycles. The SMILES string of the molecule is O=C(O)C1Cc2ccccc2N1S(=O)(=O)c1ccc2c(c1)CCO2. The molecule has 0 bridgehead atoms. The van der Waals surface area contributed by atoms with Crippen molar-refractivity contribution < 1.29 is 23.1 Å². The van der Waals surface area contributed by atoms with Gasteiger partial charge in [0.15, 0.2) is 0 Å². The van der Waals surface area contributed by atoms with Crippen LogP contribution in [0.5, 0.6) is 5.75 Å². The normalized spacial score (nSPS) is 18.8. The van der Waals surface area contributed by atoms with E-state index < -0.39 is 22.0 Å². The molecule has 0 spiro atoms. The number of rotatable bonds is 3. The molecule has 1 N–H and O–H groups in total. The van der Waals surface area contributed by atoms with Crippen molar-refractivity contribution in [2.45, 2.75) is 23.8 Å².